The number of para-hydroxylation sites is 1. The maximum Gasteiger partial charge on any atom is 1.00 e. The van der Waals surface area contributed by atoms with E-state index >= 15 is 0 Å². The number of hydrogen-bond acceptors (Lipinski definition) is 5. The monoisotopic (exact) mass is 337 g/mol. The molecular formula is C14H20NNaO5S. The molecule has 0 aliphatic carbocycles. The Bertz CT molecular complexity index is 603. The van der Waals surface area contributed by atoms with Crippen LogP contribution in [-0.4, -0.2) is 38.0 Å². The van der Waals surface area contributed by atoms with Gasteiger partial charge in [-0.05, 0) is 31.4 Å². The van der Waals surface area contributed by atoms with Crippen molar-refractivity contribution in [3.8, 4) is 0 Å². The quantitative estimate of drug-likeness (QED) is 0.341. The molecule has 1 rings (SSSR count). The molecule has 0 saturated carbocycles. The number of hydrogen-bond donors (Lipinski definition) is 0. The van der Waals surface area contributed by atoms with Crippen LogP contribution in [0.1, 0.15) is 25.0 Å². The summed E-state index contributed by atoms with van der Waals surface area (Å²) >= 11 is 0. The molecule has 1 aromatic carbocycles. The fourth-order valence-corrected chi connectivity index (χ4v) is 2.52. The van der Waals surface area contributed by atoms with Gasteiger partial charge in [0.05, 0.1) is 5.69 Å². The number of amides is 1. The van der Waals surface area contributed by atoms with Crippen molar-refractivity contribution in [1.29, 1.82) is 0 Å². The fourth-order valence-electron chi connectivity index (χ4n) is 2.06. The molecule has 0 aromatic heterocycles. The first-order valence-corrected chi connectivity index (χ1v) is 8.28. The Morgan fingerprint density at radius 1 is 1.32 bits per heavy atom. The SMILES string of the molecule is CCOCN(C(=O)CS(=O)(=O)[O-])c1c(C)cccc1CC.[Na+]. The largest absolute Gasteiger partial charge is 1.00 e. The average Bonchev–Trinajstić information content (AvgIpc) is 2.38. The minimum absolute atomic E-state index is 0. The van der Waals surface area contributed by atoms with Gasteiger partial charge in [0.2, 0.25) is 5.91 Å². The van der Waals surface area contributed by atoms with Gasteiger partial charge in [0.15, 0.2) is 0 Å². The Kier molecular flexibility index (Phi) is 9.45. The third-order valence-corrected chi connectivity index (χ3v) is 3.60. The zero-order valence-electron chi connectivity index (χ0n) is 13.5. The minimum Gasteiger partial charge on any atom is -0.748 e. The maximum atomic E-state index is 12.2. The molecular weight excluding hydrogens is 317 g/mol. The van der Waals surface area contributed by atoms with E-state index in [-0.39, 0.29) is 36.3 Å². The molecule has 118 valence electrons. The van der Waals surface area contributed by atoms with Crippen LogP contribution >= 0.6 is 0 Å². The number of rotatable bonds is 7. The van der Waals surface area contributed by atoms with E-state index in [2.05, 4.69) is 0 Å². The Morgan fingerprint density at radius 2 is 1.95 bits per heavy atom. The standard InChI is InChI=1S/C14H21NO5S.Na/c1-4-12-8-6-7-11(3)14(12)15(10-20-5-2)13(16)9-21(17,18)19;/h6-8H,4-5,9-10H2,1-3H3,(H,17,18,19);/q;+1/p-1. The molecule has 0 atom stereocenters. The molecule has 0 bridgehead atoms. The molecule has 0 spiro atoms. The third-order valence-electron chi connectivity index (χ3n) is 3.00. The number of anilines is 1. The van der Waals surface area contributed by atoms with Crippen LogP contribution in [0.5, 0.6) is 0 Å². The van der Waals surface area contributed by atoms with Crippen molar-refractivity contribution >= 4 is 21.7 Å². The van der Waals surface area contributed by atoms with E-state index in [1.165, 1.54) is 4.90 Å². The minimum atomic E-state index is -4.63. The Balaban J connectivity index is 0.00000441. The maximum absolute atomic E-state index is 12.2. The summed E-state index contributed by atoms with van der Waals surface area (Å²) in [6.07, 6.45) is 0.678. The predicted octanol–water partition coefficient (Wildman–Crippen LogP) is -1.57. The number of carbonyl (C=O) groups excluding carboxylic acids is 1. The first-order chi connectivity index (χ1) is 9.80. The van der Waals surface area contributed by atoms with Crippen molar-refractivity contribution in [3.05, 3.63) is 29.3 Å². The van der Waals surface area contributed by atoms with E-state index in [0.717, 1.165) is 11.1 Å². The van der Waals surface area contributed by atoms with Crippen LogP contribution in [0.25, 0.3) is 0 Å². The predicted molar refractivity (Wildman–Crippen MR) is 79.1 cm³/mol. The Morgan fingerprint density at radius 3 is 2.45 bits per heavy atom. The van der Waals surface area contributed by atoms with Crippen molar-refractivity contribution in [2.75, 3.05) is 24.0 Å². The molecule has 0 aliphatic heterocycles. The molecule has 0 radical (unpaired) electrons. The van der Waals surface area contributed by atoms with Crippen LogP contribution in [0, 0.1) is 6.92 Å². The van der Waals surface area contributed by atoms with Crippen molar-refractivity contribution in [2.45, 2.75) is 27.2 Å². The second-order valence-corrected chi connectivity index (χ2v) is 5.99. The second kappa shape index (κ2) is 9.64. The van der Waals surface area contributed by atoms with Gasteiger partial charge in [-0.15, -0.1) is 0 Å². The van der Waals surface area contributed by atoms with Gasteiger partial charge in [-0.1, -0.05) is 25.1 Å². The van der Waals surface area contributed by atoms with E-state index in [9.17, 15) is 17.8 Å². The molecule has 6 nitrogen and oxygen atoms in total. The van der Waals surface area contributed by atoms with Gasteiger partial charge >= 0.3 is 29.6 Å². The summed E-state index contributed by atoms with van der Waals surface area (Å²) in [5.74, 6) is -1.85. The van der Waals surface area contributed by atoms with Gasteiger partial charge in [-0.2, -0.15) is 0 Å². The molecule has 0 N–H and O–H groups in total. The van der Waals surface area contributed by atoms with Crippen LogP contribution in [0.4, 0.5) is 5.69 Å². The number of carbonyl (C=O) groups is 1. The average molecular weight is 337 g/mol. The van der Waals surface area contributed by atoms with E-state index in [1.54, 1.807) is 6.92 Å². The van der Waals surface area contributed by atoms with Crippen LogP contribution < -0.4 is 34.5 Å². The van der Waals surface area contributed by atoms with Gasteiger partial charge in [0.1, 0.15) is 22.6 Å². The summed E-state index contributed by atoms with van der Waals surface area (Å²) in [7, 11) is -4.63. The topological polar surface area (TPSA) is 86.7 Å². The number of benzene rings is 1. The van der Waals surface area contributed by atoms with Crippen molar-refractivity contribution in [2.24, 2.45) is 0 Å². The first kappa shape index (κ1) is 21.6. The van der Waals surface area contributed by atoms with Crippen LogP contribution in [-0.2, 0) is 26.1 Å². The summed E-state index contributed by atoms with van der Waals surface area (Å²) in [5.41, 5.74) is 2.33. The molecule has 8 heteroatoms. The van der Waals surface area contributed by atoms with E-state index in [0.29, 0.717) is 18.7 Å². The van der Waals surface area contributed by atoms with Gasteiger partial charge in [0, 0.05) is 6.61 Å². The van der Waals surface area contributed by atoms with Crippen molar-refractivity contribution in [3.63, 3.8) is 0 Å². The van der Waals surface area contributed by atoms with Crippen LogP contribution in [0.3, 0.4) is 0 Å². The molecule has 0 unspecified atom stereocenters. The number of aryl methyl sites for hydroxylation is 2. The van der Waals surface area contributed by atoms with E-state index < -0.39 is 21.8 Å². The fraction of sp³-hybridized carbons (Fsp3) is 0.500. The molecule has 0 heterocycles. The summed E-state index contributed by atoms with van der Waals surface area (Å²) in [6, 6.07) is 5.55. The number of nitrogens with zero attached hydrogens (tertiary/aromatic N) is 1. The molecule has 0 fully saturated rings. The normalized spacial score (nSPS) is 10.9. The van der Waals surface area contributed by atoms with Gasteiger partial charge in [-0.3, -0.25) is 9.69 Å². The van der Waals surface area contributed by atoms with Gasteiger partial charge < -0.3 is 9.29 Å². The zero-order valence-corrected chi connectivity index (χ0v) is 16.3. The Hall–Kier alpha value is -0.440. The van der Waals surface area contributed by atoms with Gasteiger partial charge in [0.25, 0.3) is 0 Å². The summed E-state index contributed by atoms with van der Waals surface area (Å²) in [5, 5.41) is 0. The zero-order chi connectivity index (χ0) is 16.0. The summed E-state index contributed by atoms with van der Waals surface area (Å²) in [4.78, 5) is 13.4. The smallest absolute Gasteiger partial charge is 0.748 e. The number of ether oxygens (including phenoxy) is 1. The molecule has 0 aliphatic rings. The molecule has 1 aromatic rings. The third kappa shape index (κ3) is 6.36. The molecule has 1 amide bonds. The Labute approximate surface area is 153 Å². The molecule has 22 heavy (non-hydrogen) atoms. The van der Waals surface area contributed by atoms with Crippen molar-refractivity contribution in [1.82, 2.24) is 0 Å². The van der Waals surface area contributed by atoms with Crippen LogP contribution in [0.15, 0.2) is 18.2 Å². The van der Waals surface area contributed by atoms with Gasteiger partial charge in [-0.25, -0.2) is 8.42 Å². The van der Waals surface area contributed by atoms with E-state index in [4.69, 9.17) is 4.74 Å². The van der Waals surface area contributed by atoms with Crippen LogP contribution in [0.2, 0.25) is 0 Å². The van der Waals surface area contributed by atoms with E-state index in [1.807, 2.05) is 32.0 Å². The summed E-state index contributed by atoms with van der Waals surface area (Å²) in [6.45, 7) is 5.83. The summed E-state index contributed by atoms with van der Waals surface area (Å²) < 4.78 is 37.8. The second-order valence-electron chi connectivity index (χ2n) is 4.58. The first-order valence-electron chi connectivity index (χ1n) is 6.70. The molecule has 0 saturated heterocycles. The van der Waals surface area contributed by atoms with Crippen molar-refractivity contribution < 1.29 is 52.1 Å².